The van der Waals surface area contributed by atoms with Gasteiger partial charge in [-0.05, 0) is 29.8 Å². The van der Waals surface area contributed by atoms with Gasteiger partial charge in [0.15, 0.2) is 0 Å². The van der Waals surface area contributed by atoms with Crippen LogP contribution in [0, 0.1) is 0 Å². The van der Waals surface area contributed by atoms with E-state index in [1.54, 1.807) is 7.11 Å². The lowest BCUT2D eigenvalue weighted by Crippen LogP contribution is -2.28. The molecule has 0 spiro atoms. The maximum absolute atomic E-state index is 5.74. The lowest BCUT2D eigenvalue weighted by atomic mass is 10.2. The van der Waals surface area contributed by atoms with Gasteiger partial charge in [-0.1, -0.05) is 35.5 Å². The third kappa shape index (κ3) is 5.29. The summed E-state index contributed by atoms with van der Waals surface area (Å²) in [5.41, 5.74) is 7.86. The summed E-state index contributed by atoms with van der Waals surface area (Å²) in [7, 11) is 1.64. The highest BCUT2D eigenvalue weighted by Gasteiger charge is 2.13. The normalized spacial score (nSPS) is 10.6. The van der Waals surface area contributed by atoms with Gasteiger partial charge in [-0.3, -0.25) is 4.90 Å². The Labute approximate surface area is 159 Å². The first-order chi connectivity index (χ1) is 12.3. The summed E-state index contributed by atoms with van der Waals surface area (Å²) in [4.78, 5) is 6.69. The van der Waals surface area contributed by atoms with E-state index in [2.05, 4.69) is 27.2 Å². The molecule has 6 nitrogen and oxygen atoms in total. The van der Waals surface area contributed by atoms with Gasteiger partial charge in [-0.25, -0.2) is 0 Å². The molecule has 0 atom stereocenters. The second-order valence-corrected chi connectivity index (χ2v) is 5.73. The van der Waals surface area contributed by atoms with Crippen molar-refractivity contribution in [1.29, 1.82) is 0 Å². The molecule has 0 radical (unpaired) electrons. The van der Waals surface area contributed by atoms with E-state index in [-0.39, 0.29) is 12.4 Å². The topological polar surface area (TPSA) is 77.4 Å². The number of halogens is 1. The number of hydrogen-bond acceptors (Lipinski definition) is 6. The second kappa shape index (κ2) is 9.91. The van der Waals surface area contributed by atoms with Crippen molar-refractivity contribution in [2.75, 3.05) is 20.2 Å². The van der Waals surface area contributed by atoms with Gasteiger partial charge in [-0.15, -0.1) is 12.4 Å². The molecule has 3 rings (SSSR count). The number of methoxy groups -OCH3 is 1. The van der Waals surface area contributed by atoms with E-state index in [0.717, 1.165) is 24.4 Å². The average Bonchev–Trinajstić information content (AvgIpc) is 3.11. The van der Waals surface area contributed by atoms with Crippen molar-refractivity contribution in [3.63, 3.8) is 0 Å². The molecule has 2 aromatic carbocycles. The third-order valence-electron chi connectivity index (χ3n) is 3.87. The van der Waals surface area contributed by atoms with Crippen molar-refractivity contribution in [1.82, 2.24) is 15.0 Å². The molecule has 0 fully saturated rings. The summed E-state index contributed by atoms with van der Waals surface area (Å²) in [6.45, 7) is 2.69. The first kappa shape index (κ1) is 19.9. The summed E-state index contributed by atoms with van der Waals surface area (Å²) in [5, 5.41) is 4.08. The van der Waals surface area contributed by atoms with Crippen LogP contribution in [0.5, 0.6) is 5.75 Å². The minimum Gasteiger partial charge on any atom is -0.497 e. The van der Waals surface area contributed by atoms with Crippen LogP contribution in [0.25, 0.3) is 11.4 Å². The second-order valence-electron chi connectivity index (χ2n) is 5.73. The molecule has 0 saturated carbocycles. The van der Waals surface area contributed by atoms with Crippen LogP contribution in [0.4, 0.5) is 0 Å². The van der Waals surface area contributed by atoms with E-state index in [9.17, 15) is 0 Å². The summed E-state index contributed by atoms with van der Waals surface area (Å²) < 4.78 is 10.6. The van der Waals surface area contributed by atoms with Crippen LogP contribution >= 0.6 is 12.4 Å². The van der Waals surface area contributed by atoms with Crippen LogP contribution in [0.1, 0.15) is 11.5 Å². The summed E-state index contributed by atoms with van der Waals surface area (Å²) >= 11 is 0. The highest BCUT2D eigenvalue weighted by atomic mass is 35.5. The zero-order chi connectivity index (χ0) is 17.5. The van der Waals surface area contributed by atoms with Crippen molar-refractivity contribution < 1.29 is 9.26 Å². The molecule has 7 heteroatoms. The molecule has 3 aromatic rings. The van der Waals surface area contributed by atoms with E-state index in [4.69, 9.17) is 15.0 Å². The third-order valence-corrected chi connectivity index (χ3v) is 3.87. The van der Waals surface area contributed by atoms with Crippen LogP contribution in [0.15, 0.2) is 59.1 Å². The molecule has 0 unspecified atom stereocenters. The fourth-order valence-corrected chi connectivity index (χ4v) is 2.61. The summed E-state index contributed by atoms with van der Waals surface area (Å²) in [6, 6.07) is 17.8. The fraction of sp³-hybridized carbons (Fsp3) is 0.263. The number of aromatic nitrogens is 2. The van der Waals surface area contributed by atoms with Gasteiger partial charge in [0, 0.05) is 25.2 Å². The SMILES string of the molecule is COc1ccc(-c2noc(CN(CCN)Cc3ccccc3)n2)cc1.Cl. The first-order valence-corrected chi connectivity index (χ1v) is 8.22. The predicted octanol–water partition coefficient (Wildman–Crippen LogP) is 3.13. The van der Waals surface area contributed by atoms with Gasteiger partial charge >= 0.3 is 0 Å². The Kier molecular flexibility index (Phi) is 7.59. The van der Waals surface area contributed by atoms with Crippen LogP contribution in [-0.2, 0) is 13.1 Å². The van der Waals surface area contributed by atoms with E-state index in [1.165, 1.54) is 5.56 Å². The van der Waals surface area contributed by atoms with E-state index >= 15 is 0 Å². The van der Waals surface area contributed by atoms with Gasteiger partial charge in [-0.2, -0.15) is 4.98 Å². The van der Waals surface area contributed by atoms with Crippen molar-refractivity contribution in [3.8, 4) is 17.1 Å². The number of hydrogen-bond donors (Lipinski definition) is 1. The molecule has 0 aliphatic carbocycles. The first-order valence-electron chi connectivity index (χ1n) is 8.22. The molecule has 26 heavy (non-hydrogen) atoms. The molecule has 0 saturated heterocycles. The minimum atomic E-state index is 0. The maximum atomic E-state index is 5.74. The molecule has 0 aliphatic rings. The lowest BCUT2D eigenvalue weighted by molar-refractivity contribution is 0.224. The molecule has 0 bridgehead atoms. The van der Waals surface area contributed by atoms with Gasteiger partial charge in [0.2, 0.25) is 11.7 Å². The Morgan fingerprint density at radius 3 is 2.42 bits per heavy atom. The molecule has 138 valence electrons. The van der Waals surface area contributed by atoms with E-state index in [1.807, 2.05) is 42.5 Å². The van der Waals surface area contributed by atoms with Crippen LogP contribution in [0.3, 0.4) is 0 Å². The molecule has 1 heterocycles. The average molecular weight is 375 g/mol. The number of nitrogens with zero attached hydrogens (tertiary/aromatic N) is 3. The van der Waals surface area contributed by atoms with Crippen molar-refractivity contribution in [3.05, 3.63) is 66.1 Å². The smallest absolute Gasteiger partial charge is 0.241 e. The van der Waals surface area contributed by atoms with Crippen LogP contribution < -0.4 is 10.5 Å². The van der Waals surface area contributed by atoms with Crippen molar-refractivity contribution in [2.45, 2.75) is 13.1 Å². The van der Waals surface area contributed by atoms with Crippen molar-refractivity contribution >= 4 is 12.4 Å². The molecule has 0 amide bonds. The number of rotatable bonds is 8. The Morgan fingerprint density at radius 2 is 1.77 bits per heavy atom. The summed E-state index contributed by atoms with van der Waals surface area (Å²) in [6.07, 6.45) is 0. The maximum Gasteiger partial charge on any atom is 0.241 e. The van der Waals surface area contributed by atoms with E-state index < -0.39 is 0 Å². The lowest BCUT2D eigenvalue weighted by Gasteiger charge is -2.19. The molecule has 1 aromatic heterocycles. The van der Waals surface area contributed by atoms with E-state index in [0.29, 0.717) is 24.8 Å². The zero-order valence-electron chi connectivity index (χ0n) is 14.7. The number of nitrogens with two attached hydrogens (primary N) is 1. The van der Waals surface area contributed by atoms with Crippen LogP contribution in [0.2, 0.25) is 0 Å². The molecule has 2 N–H and O–H groups in total. The van der Waals surface area contributed by atoms with Gasteiger partial charge in [0.1, 0.15) is 5.75 Å². The van der Waals surface area contributed by atoms with Crippen LogP contribution in [-0.4, -0.2) is 35.2 Å². The molecular weight excluding hydrogens is 352 g/mol. The number of ether oxygens (including phenoxy) is 1. The highest BCUT2D eigenvalue weighted by Crippen LogP contribution is 2.20. The fourth-order valence-electron chi connectivity index (χ4n) is 2.61. The van der Waals surface area contributed by atoms with Crippen molar-refractivity contribution in [2.24, 2.45) is 5.73 Å². The summed E-state index contributed by atoms with van der Waals surface area (Å²) in [5.74, 6) is 1.95. The highest BCUT2D eigenvalue weighted by molar-refractivity contribution is 5.85. The number of benzene rings is 2. The molecular formula is C19H23ClN4O2. The monoisotopic (exact) mass is 374 g/mol. The largest absolute Gasteiger partial charge is 0.497 e. The predicted molar refractivity (Wildman–Crippen MR) is 103 cm³/mol. The Morgan fingerprint density at radius 1 is 1.04 bits per heavy atom. The van der Waals surface area contributed by atoms with Gasteiger partial charge in [0.25, 0.3) is 0 Å². The Hall–Kier alpha value is -2.41. The minimum absolute atomic E-state index is 0. The zero-order valence-corrected chi connectivity index (χ0v) is 15.5. The standard InChI is InChI=1S/C19H22N4O2.ClH/c1-24-17-9-7-16(8-10-17)19-21-18(25-22-19)14-23(12-11-20)13-15-5-3-2-4-6-15;/h2-10H,11-14,20H2,1H3;1H. The Bertz CT molecular complexity index is 778. The van der Waals surface area contributed by atoms with Gasteiger partial charge < -0.3 is 15.0 Å². The van der Waals surface area contributed by atoms with Gasteiger partial charge in [0.05, 0.1) is 13.7 Å². The Balaban J connectivity index is 0.00000243. The molecule has 0 aliphatic heterocycles. The quantitative estimate of drug-likeness (QED) is 0.652.